The summed E-state index contributed by atoms with van der Waals surface area (Å²) in [5.74, 6) is 0.690. The highest BCUT2D eigenvalue weighted by Gasteiger charge is 2.01. The minimum absolute atomic E-state index is 0.00708. The molecule has 1 N–H and O–H groups in total. The van der Waals surface area contributed by atoms with Crippen LogP contribution in [-0.2, 0) is 0 Å². The van der Waals surface area contributed by atoms with Gasteiger partial charge in [0, 0.05) is 17.6 Å². The molecule has 1 heterocycles. The molecule has 0 atom stereocenters. The molecule has 2 rings (SSSR count). The smallest absolute Gasteiger partial charge is 0.189 e. The van der Waals surface area contributed by atoms with Gasteiger partial charge in [0.05, 0.1) is 12.6 Å². The average molecular weight is 175 g/mol. The second-order valence-electron chi connectivity index (χ2n) is 2.72. The van der Waals surface area contributed by atoms with Crippen molar-refractivity contribution in [3.05, 3.63) is 40.7 Å². The summed E-state index contributed by atoms with van der Waals surface area (Å²) in [5.41, 5.74) is 0.755. The van der Waals surface area contributed by atoms with Crippen molar-refractivity contribution in [2.45, 2.75) is 0 Å². The lowest BCUT2D eigenvalue weighted by molar-refractivity contribution is 0.419. The first-order valence-electron chi connectivity index (χ1n) is 3.97. The van der Waals surface area contributed by atoms with Gasteiger partial charge in [-0.2, -0.15) is 0 Å². The second-order valence-corrected chi connectivity index (χ2v) is 2.72. The first-order valence-corrected chi connectivity index (χ1v) is 3.97. The molecule has 0 bridgehead atoms. The Kier molecular flexibility index (Phi) is 1.77. The number of nitrogens with one attached hydrogen (secondary N) is 1. The van der Waals surface area contributed by atoms with Gasteiger partial charge >= 0.3 is 0 Å². The van der Waals surface area contributed by atoms with Crippen LogP contribution in [0, 0.1) is 0 Å². The molecule has 0 fully saturated rings. The average Bonchev–Trinajstić information content (AvgIpc) is 2.18. The number of ether oxygens (including phenoxy) is 1. The lowest BCUT2D eigenvalue weighted by Gasteiger charge is -2.03. The van der Waals surface area contributed by atoms with Crippen LogP contribution in [-0.4, -0.2) is 12.1 Å². The van der Waals surface area contributed by atoms with Gasteiger partial charge in [-0.3, -0.25) is 4.79 Å². The molecule has 66 valence electrons. The third-order valence-electron chi connectivity index (χ3n) is 1.97. The fraction of sp³-hybridized carbons (Fsp3) is 0.100. The number of benzene rings is 1. The van der Waals surface area contributed by atoms with Crippen LogP contribution in [0.2, 0.25) is 0 Å². The number of aromatic nitrogens is 1. The Bertz CT molecular complexity index is 487. The molecular weight excluding hydrogens is 166 g/mol. The molecule has 0 radical (unpaired) electrons. The Hall–Kier alpha value is -1.77. The minimum Gasteiger partial charge on any atom is -0.495 e. The maximum absolute atomic E-state index is 11.4. The van der Waals surface area contributed by atoms with E-state index < -0.39 is 0 Å². The van der Waals surface area contributed by atoms with Crippen LogP contribution in [0.4, 0.5) is 0 Å². The van der Waals surface area contributed by atoms with E-state index >= 15 is 0 Å². The monoisotopic (exact) mass is 175 g/mol. The number of aromatic amines is 1. The van der Waals surface area contributed by atoms with Crippen LogP contribution in [0.15, 0.2) is 35.3 Å². The van der Waals surface area contributed by atoms with Gasteiger partial charge in [0.15, 0.2) is 5.43 Å². The van der Waals surface area contributed by atoms with E-state index in [1.807, 2.05) is 6.07 Å². The molecule has 3 nitrogen and oxygen atoms in total. The number of hydrogen-bond acceptors (Lipinski definition) is 2. The molecule has 0 aliphatic heterocycles. The first kappa shape index (κ1) is 7.86. The highest BCUT2D eigenvalue weighted by Crippen LogP contribution is 2.19. The van der Waals surface area contributed by atoms with E-state index in [-0.39, 0.29) is 5.43 Å². The summed E-state index contributed by atoms with van der Waals surface area (Å²) in [4.78, 5) is 14.4. The lowest BCUT2D eigenvalue weighted by Crippen LogP contribution is -2.00. The van der Waals surface area contributed by atoms with E-state index in [1.54, 1.807) is 25.4 Å². The third-order valence-corrected chi connectivity index (χ3v) is 1.97. The summed E-state index contributed by atoms with van der Waals surface area (Å²) in [6.45, 7) is 0. The number of fused-ring (bicyclic) bond motifs is 1. The molecule has 1 aromatic heterocycles. The fourth-order valence-corrected chi connectivity index (χ4v) is 1.35. The third kappa shape index (κ3) is 1.18. The van der Waals surface area contributed by atoms with E-state index in [1.165, 1.54) is 6.07 Å². The maximum atomic E-state index is 11.4. The summed E-state index contributed by atoms with van der Waals surface area (Å²) < 4.78 is 5.11. The molecule has 0 aliphatic carbocycles. The van der Waals surface area contributed by atoms with E-state index in [2.05, 4.69) is 4.98 Å². The van der Waals surface area contributed by atoms with Crippen LogP contribution in [0.1, 0.15) is 0 Å². The molecule has 2 aromatic rings. The normalized spacial score (nSPS) is 10.2. The Morgan fingerprint density at radius 1 is 1.31 bits per heavy atom. The van der Waals surface area contributed by atoms with Gasteiger partial charge in [-0.1, -0.05) is 6.07 Å². The first-order chi connectivity index (χ1) is 6.33. The molecule has 0 saturated heterocycles. The molecule has 3 heteroatoms. The van der Waals surface area contributed by atoms with Crippen molar-refractivity contribution in [2.75, 3.05) is 7.11 Å². The summed E-state index contributed by atoms with van der Waals surface area (Å²) in [6, 6.07) is 6.90. The predicted molar refractivity (Wildman–Crippen MR) is 51.1 cm³/mol. The number of rotatable bonds is 1. The van der Waals surface area contributed by atoms with Gasteiger partial charge < -0.3 is 9.72 Å². The number of para-hydroxylation sites is 1. The molecule has 0 unspecified atom stereocenters. The summed E-state index contributed by atoms with van der Waals surface area (Å²) in [7, 11) is 1.58. The molecule has 0 saturated carbocycles. The van der Waals surface area contributed by atoms with E-state index in [0.29, 0.717) is 11.1 Å². The number of H-pyrrole nitrogens is 1. The zero-order chi connectivity index (χ0) is 9.26. The lowest BCUT2D eigenvalue weighted by atomic mass is 10.2. The zero-order valence-corrected chi connectivity index (χ0v) is 7.20. The highest BCUT2D eigenvalue weighted by atomic mass is 16.5. The highest BCUT2D eigenvalue weighted by molar-refractivity contribution is 5.83. The van der Waals surface area contributed by atoms with E-state index in [9.17, 15) is 4.79 Å². The van der Waals surface area contributed by atoms with Crippen molar-refractivity contribution in [1.29, 1.82) is 0 Å². The quantitative estimate of drug-likeness (QED) is 0.714. The molecule has 13 heavy (non-hydrogen) atoms. The molecule has 1 aromatic carbocycles. The van der Waals surface area contributed by atoms with Crippen molar-refractivity contribution >= 4 is 10.9 Å². The fourth-order valence-electron chi connectivity index (χ4n) is 1.35. The molecule has 0 aliphatic rings. The summed E-state index contributed by atoms with van der Waals surface area (Å²) in [6.07, 6.45) is 1.62. The Labute approximate surface area is 75.0 Å². The van der Waals surface area contributed by atoms with Crippen molar-refractivity contribution in [3.63, 3.8) is 0 Å². The maximum Gasteiger partial charge on any atom is 0.189 e. The van der Waals surface area contributed by atoms with Crippen LogP contribution in [0.5, 0.6) is 5.75 Å². The van der Waals surface area contributed by atoms with Crippen LogP contribution >= 0.6 is 0 Å². The standard InChI is InChI=1S/C10H9NO2/c1-13-9-4-2-3-7-8(12)5-6-11-10(7)9/h2-6H,1H3,(H,11,12). The number of methoxy groups -OCH3 is 1. The van der Waals surface area contributed by atoms with Crippen molar-refractivity contribution in [1.82, 2.24) is 4.98 Å². The van der Waals surface area contributed by atoms with Crippen LogP contribution in [0.3, 0.4) is 0 Å². The van der Waals surface area contributed by atoms with Crippen LogP contribution in [0.25, 0.3) is 10.9 Å². The SMILES string of the molecule is COc1cccc2c(=O)cc[nH]c12. The number of pyridine rings is 1. The molecule has 0 spiro atoms. The zero-order valence-electron chi connectivity index (χ0n) is 7.20. The Morgan fingerprint density at radius 3 is 2.92 bits per heavy atom. The van der Waals surface area contributed by atoms with Gasteiger partial charge in [-0.25, -0.2) is 0 Å². The van der Waals surface area contributed by atoms with Crippen molar-refractivity contribution < 1.29 is 4.74 Å². The number of hydrogen-bond donors (Lipinski definition) is 1. The van der Waals surface area contributed by atoms with Crippen molar-refractivity contribution in [2.24, 2.45) is 0 Å². The summed E-state index contributed by atoms with van der Waals surface area (Å²) in [5, 5.41) is 0.654. The van der Waals surface area contributed by atoms with Gasteiger partial charge in [-0.05, 0) is 12.1 Å². The van der Waals surface area contributed by atoms with Gasteiger partial charge in [0.1, 0.15) is 5.75 Å². The van der Waals surface area contributed by atoms with E-state index in [0.717, 1.165) is 5.52 Å². The topological polar surface area (TPSA) is 42.1 Å². The van der Waals surface area contributed by atoms with Gasteiger partial charge in [-0.15, -0.1) is 0 Å². The largest absolute Gasteiger partial charge is 0.495 e. The summed E-state index contributed by atoms with van der Waals surface area (Å²) >= 11 is 0. The Balaban J connectivity index is 2.92. The molecular formula is C10H9NO2. The van der Waals surface area contributed by atoms with Gasteiger partial charge in [0.2, 0.25) is 0 Å². The van der Waals surface area contributed by atoms with Crippen molar-refractivity contribution in [3.8, 4) is 5.75 Å². The second kappa shape index (κ2) is 2.94. The van der Waals surface area contributed by atoms with E-state index in [4.69, 9.17) is 4.74 Å². The van der Waals surface area contributed by atoms with Gasteiger partial charge in [0.25, 0.3) is 0 Å². The molecule has 0 amide bonds. The minimum atomic E-state index is 0.00708. The Morgan fingerprint density at radius 2 is 2.15 bits per heavy atom. The van der Waals surface area contributed by atoms with Crippen LogP contribution < -0.4 is 10.2 Å². The predicted octanol–water partition coefficient (Wildman–Crippen LogP) is 1.54.